The lowest BCUT2D eigenvalue weighted by molar-refractivity contribution is -0.921. The van der Waals surface area contributed by atoms with Crippen LogP contribution in [-0.2, 0) is 4.79 Å². The third-order valence-electron chi connectivity index (χ3n) is 7.36. The van der Waals surface area contributed by atoms with Gasteiger partial charge in [-0.1, -0.05) is 84.0 Å². The second-order valence-electron chi connectivity index (χ2n) is 9.81. The molecular formula is C23H46NO2+. The van der Waals surface area contributed by atoms with Crippen molar-refractivity contribution < 1.29 is 14.4 Å². The van der Waals surface area contributed by atoms with Crippen LogP contribution in [0.15, 0.2) is 0 Å². The van der Waals surface area contributed by atoms with Crippen LogP contribution in [0.25, 0.3) is 0 Å². The van der Waals surface area contributed by atoms with Crippen molar-refractivity contribution in [1.82, 2.24) is 0 Å². The number of carboxylic acids is 1. The van der Waals surface area contributed by atoms with E-state index < -0.39 is 11.5 Å². The maximum absolute atomic E-state index is 12.4. The topological polar surface area (TPSA) is 37.3 Å². The van der Waals surface area contributed by atoms with E-state index in [0.717, 1.165) is 19.3 Å². The molecule has 0 saturated heterocycles. The van der Waals surface area contributed by atoms with Gasteiger partial charge in [0.05, 0.1) is 21.1 Å². The highest BCUT2D eigenvalue weighted by Crippen LogP contribution is 2.52. The van der Waals surface area contributed by atoms with Gasteiger partial charge in [0.2, 0.25) is 0 Å². The van der Waals surface area contributed by atoms with Crippen molar-refractivity contribution in [3.05, 3.63) is 0 Å². The average molecular weight is 369 g/mol. The van der Waals surface area contributed by atoms with Gasteiger partial charge in [0.15, 0.2) is 5.54 Å². The van der Waals surface area contributed by atoms with Gasteiger partial charge in [-0.15, -0.1) is 0 Å². The van der Waals surface area contributed by atoms with E-state index in [0.29, 0.717) is 4.48 Å². The molecule has 1 unspecified atom stereocenters. The second kappa shape index (κ2) is 10.7. The highest BCUT2D eigenvalue weighted by Gasteiger charge is 2.61. The monoisotopic (exact) mass is 368 g/mol. The molecule has 0 bridgehead atoms. The first-order chi connectivity index (χ1) is 12.2. The molecule has 0 spiro atoms. The Hall–Kier alpha value is -0.570. The van der Waals surface area contributed by atoms with Gasteiger partial charge >= 0.3 is 5.97 Å². The van der Waals surface area contributed by atoms with Crippen LogP contribution in [0.1, 0.15) is 110 Å². The van der Waals surface area contributed by atoms with Gasteiger partial charge in [0.1, 0.15) is 0 Å². The normalized spacial score (nSPS) is 19.9. The molecule has 1 atom stereocenters. The number of hydrogen-bond acceptors (Lipinski definition) is 1. The SMILES string of the molecule is CCCCCCCCCCCC1(C(C)(C(=O)O)[N+](C)(C)C)CCCCC1. The Balaban J connectivity index is 2.60. The van der Waals surface area contributed by atoms with Crippen molar-refractivity contribution in [3.63, 3.8) is 0 Å². The van der Waals surface area contributed by atoms with Crippen molar-refractivity contribution in [2.75, 3.05) is 21.1 Å². The van der Waals surface area contributed by atoms with E-state index in [9.17, 15) is 9.90 Å². The Morgan fingerprint density at radius 3 is 1.77 bits per heavy atom. The molecule has 3 heteroatoms. The summed E-state index contributed by atoms with van der Waals surface area (Å²) in [7, 11) is 6.21. The molecule has 0 aliphatic heterocycles. The van der Waals surface area contributed by atoms with Crippen molar-refractivity contribution in [3.8, 4) is 0 Å². The van der Waals surface area contributed by atoms with E-state index in [4.69, 9.17) is 0 Å². The molecule has 154 valence electrons. The van der Waals surface area contributed by atoms with Crippen LogP contribution in [0, 0.1) is 5.41 Å². The van der Waals surface area contributed by atoms with Gasteiger partial charge in [-0.3, -0.25) is 0 Å². The highest BCUT2D eigenvalue weighted by atomic mass is 16.4. The minimum atomic E-state index is -0.701. The third-order valence-corrected chi connectivity index (χ3v) is 7.36. The fourth-order valence-corrected chi connectivity index (χ4v) is 5.21. The Labute approximate surface area is 163 Å². The summed E-state index contributed by atoms with van der Waals surface area (Å²) in [6.07, 6.45) is 18.9. The number of likely N-dealkylation sites (N-methyl/N-ethyl adjacent to an activating group) is 1. The van der Waals surface area contributed by atoms with Crippen LogP contribution in [-0.4, -0.2) is 42.2 Å². The number of hydrogen-bond donors (Lipinski definition) is 1. The quantitative estimate of drug-likeness (QED) is 0.301. The number of rotatable bonds is 13. The molecule has 1 saturated carbocycles. The van der Waals surface area contributed by atoms with Gasteiger partial charge in [-0.25, -0.2) is 4.79 Å². The van der Waals surface area contributed by atoms with E-state index in [-0.39, 0.29) is 5.41 Å². The number of carboxylic acid groups (broad SMARTS) is 1. The molecule has 1 rings (SSSR count). The molecule has 1 aliphatic rings. The van der Waals surface area contributed by atoms with Crippen molar-refractivity contribution in [2.24, 2.45) is 5.41 Å². The first-order valence-electron chi connectivity index (χ1n) is 11.3. The first kappa shape index (κ1) is 23.5. The van der Waals surface area contributed by atoms with Crippen molar-refractivity contribution in [1.29, 1.82) is 0 Å². The Morgan fingerprint density at radius 1 is 0.885 bits per heavy atom. The number of quaternary nitrogens is 1. The van der Waals surface area contributed by atoms with Gasteiger partial charge < -0.3 is 9.59 Å². The lowest BCUT2D eigenvalue weighted by Crippen LogP contribution is -2.69. The molecule has 0 heterocycles. The molecule has 3 nitrogen and oxygen atoms in total. The van der Waals surface area contributed by atoms with Gasteiger partial charge in [0.25, 0.3) is 0 Å². The standard InChI is InChI=1S/C23H45NO2/c1-6-7-8-9-10-11-12-13-15-18-23(19-16-14-17-20-23)22(2,21(25)26)24(3,4)5/h6-20H2,1-5H3/p+1. The van der Waals surface area contributed by atoms with Gasteiger partial charge in [0, 0.05) is 12.3 Å². The highest BCUT2D eigenvalue weighted by molar-refractivity contribution is 5.78. The molecule has 26 heavy (non-hydrogen) atoms. The summed E-state index contributed by atoms with van der Waals surface area (Å²) in [6.45, 7) is 4.29. The summed E-state index contributed by atoms with van der Waals surface area (Å²) >= 11 is 0. The summed E-state index contributed by atoms with van der Waals surface area (Å²) in [5, 5.41) is 10.2. The summed E-state index contributed by atoms with van der Waals surface area (Å²) in [5.41, 5.74) is -0.746. The molecular weight excluding hydrogens is 322 g/mol. The van der Waals surface area contributed by atoms with E-state index in [1.54, 1.807) is 0 Å². The van der Waals surface area contributed by atoms with Gasteiger partial charge in [-0.2, -0.15) is 0 Å². The molecule has 1 fully saturated rings. The van der Waals surface area contributed by atoms with Crippen molar-refractivity contribution >= 4 is 5.97 Å². The summed E-state index contributed by atoms with van der Waals surface area (Å²) in [6, 6.07) is 0. The Morgan fingerprint density at radius 2 is 1.35 bits per heavy atom. The zero-order chi connectivity index (χ0) is 19.7. The number of nitrogens with zero attached hydrogens (tertiary/aromatic N) is 1. The molecule has 0 aromatic heterocycles. The van der Waals surface area contributed by atoms with E-state index in [1.165, 1.54) is 77.0 Å². The van der Waals surface area contributed by atoms with E-state index in [1.807, 2.05) is 6.92 Å². The molecule has 0 radical (unpaired) electrons. The van der Waals surface area contributed by atoms with Crippen LogP contribution in [0.4, 0.5) is 0 Å². The minimum Gasteiger partial charge on any atom is -0.477 e. The number of unbranched alkanes of at least 4 members (excludes halogenated alkanes) is 8. The van der Waals surface area contributed by atoms with Crippen LogP contribution in [0.3, 0.4) is 0 Å². The second-order valence-corrected chi connectivity index (χ2v) is 9.81. The maximum Gasteiger partial charge on any atom is 0.366 e. The first-order valence-corrected chi connectivity index (χ1v) is 11.3. The smallest absolute Gasteiger partial charge is 0.366 e. The van der Waals surface area contributed by atoms with Crippen LogP contribution in [0.2, 0.25) is 0 Å². The lowest BCUT2D eigenvalue weighted by Gasteiger charge is -2.54. The third kappa shape index (κ3) is 5.71. The zero-order valence-corrected chi connectivity index (χ0v) is 18.4. The Bertz CT molecular complexity index is 407. The summed E-state index contributed by atoms with van der Waals surface area (Å²) < 4.78 is 0.514. The molecule has 0 amide bonds. The minimum absolute atomic E-state index is 0.0452. The molecule has 1 N–H and O–H groups in total. The fourth-order valence-electron chi connectivity index (χ4n) is 5.21. The lowest BCUT2D eigenvalue weighted by atomic mass is 9.58. The predicted octanol–water partition coefficient (Wildman–Crippen LogP) is 6.41. The molecule has 0 aromatic carbocycles. The molecule has 1 aliphatic carbocycles. The average Bonchev–Trinajstić information content (AvgIpc) is 2.59. The zero-order valence-electron chi connectivity index (χ0n) is 18.4. The van der Waals surface area contributed by atoms with E-state index in [2.05, 4.69) is 28.1 Å². The molecule has 0 aromatic rings. The van der Waals surface area contributed by atoms with Crippen LogP contribution >= 0.6 is 0 Å². The van der Waals surface area contributed by atoms with E-state index >= 15 is 0 Å². The van der Waals surface area contributed by atoms with Crippen molar-refractivity contribution in [2.45, 2.75) is 116 Å². The Kier molecular flexibility index (Phi) is 9.64. The fraction of sp³-hybridized carbons (Fsp3) is 0.957. The van der Waals surface area contributed by atoms with Gasteiger partial charge in [-0.05, 0) is 19.3 Å². The summed E-state index contributed by atoms with van der Waals surface area (Å²) in [5.74, 6) is -0.608. The largest absolute Gasteiger partial charge is 0.477 e. The number of aliphatic carboxylic acids is 1. The van der Waals surface area contributed by atoms with Crippen LogP contribution in [0.5, 0.6) is 0 Å². The summed E-state index contributed by atoms with van der Waals surface area (Å²) in [4.78, 5) is 12.4. The predicted molar refractivity (Wildman–Crippen MR) is 111 cm³/mol. The van der Waals surface area contributed by atoms with Crippen LogP contribution < -0.4 is 0 Å². The maximum atomic E-state index is 12.4. The number of carbonyl (C=O) groups is 1.